The largest absolute Gasteiger partial charge is 0.338 e. The number of hydrogen-bond donors (Lipinski definition) is 3. The van der Waals surface area contributed by atoms with Gasteiger partial charge in [0.15, 0.2) is 0 Å². The van der Waals surface area contributed by atoms with E-state index in [1.807, 2.05) is 42.5 Å². The molecule has 0 fully saturated rings. The number of amides is 1. The Morgan fingerprint density at radius 3 is 2.42 bits per heavy atom. The number of H-pyrrole nitrogens is 1. The molecule has 0 aliphatic rings. The van der Waals surface area contributed by atoms with E-state index in [9.17, 15) is 4.79 Å². The zero-order valence-electron chi connectivity index (χ0n) is 18.7. The van der Waals surface area contributed by atoms with E-state index in [1.54, 1.807) is 35.2 Å². The molecule has 5 rings (SSSR count). The van der Waals surface area contributed by atoms with Crippen LogP contribution in [-0.4, -0.2) is 25.8 Å². The lowest BCUT2D eigenvalue weighted by atomic mass is 10.2. The predicted molar refractivity (Wildman–Crippen MR) is 145 cm³/mol. The van der Waals surface area contributed by atoms with Crippen molar-refractivity contribution in [3.63, 3.8) is 0 Å². The van der Waals surface area contributed by atoms with Gasteiger partial charge in [-0.05, 0) is 42.5 Å². The van der Waals surface area contributed by atoms with Crippen LogP contribution < -0.4 is 15.5 Å². The van der Waals surface area contributed by atoms with Crippen molar-refractivity contribution >= 4 is 74.8 Å². The molecule has 0 atom stereocenters. The summed E-state index contributed by atoms with van der Waals surface area (Å²) in [6, 6.07) is 21.9. The molecule has 3 aromatic carbocycles. The molecule has 36 heavy (non-hydrogen) atoms. The van der Waals surface area contributed by atoms with Crippen molar-refractivity contribution in [2.24, 2.45) is 0 Å². The second-order valence-corrected chi connectivity index (χ2v) is 8.42. The molecule has 178 valence electrons. The maximum Gasteiger partial charge on any atom is 0.247 e. The van der Waals surface area contributed by atoms with Gasteiger partial charge in [0.1, 0.15) is 18.0 Å². The SMILES string of the molecule is C=CC(=O)Nc1ccccc1Nc1cc(N(c2nc3ccccc3[nH]2)c2c(Cl)cccc2Cl)ncn1. The maximum atomic E-state index is 11.9. The minimum atomic E-state index is -0.322. The number of aromatic nitrogens is 4. The fourth-order valence-corrected chi connectivity index (χ4v) is 4.20. The Kier molecular flexibility index (Phi) is 6.53. The van der Waals surface area contributed by atoms with E-state index < -0.39 is 0 Å². The average molecular weight is 516 g/mol. The Balaban J connectivity index is 1.59. The summed E-state index contributed by atoms with van der Waals surface area (Å²) in [6.45, 7) is 3.50. The topological polar surface area (TPSA) is 98.8 Å². The van der Waals surface area contributed by atoms with Crippen LogP contribution in [0, 0.1) is 0 Å². The van der Waals surface area contributed by atoms with E-state index in [0.29, 0.717) is 44.7 Å². The molecule has 8 nitrogen and oxygen atoms in total. The number of fused-ring (bicyclic) bond motifs is 1. The molecule has 10 heteroatoms. The van der Waals surface area contributed by atoms with Gasteiger partial charge in [0.2, 0.25) is 11.9 Å². The molecular formula is C26H19Cl2N7O. The molecule has 0 aliphatic carbocycles. The Morgan fingerprint density at radius 2 is 1.67 bits per heavy atom. The number of nitrogens with one attached hydrogen (secondary N) is 3. The zero-order chi connectivity index (χ0) is 25.1. The van der Waals surface area contributed by atoms with Gasteiger partial charge >= 0.3 is 0 Å². The third-order valence-electron chi connectivity index (χ3n) is 5.26. The number of benzene rings is 3. The summed E-state index contributed by atoms with van der Waals surface area (Å²) in [5.41, 5.74) is 3.36. The minimum absolute atomic E-state index is 0.322. The molecule has 0 spiro atoms. The van der Waals surface area contributed by atoms with Crippen LogP contribution in [0.5, 0.6) is 0 Å². The second kappa shape index (κ2) is 10.1. The fourth-order valence-electron chi connectivity index (χ4n) is 3.64. The van der Waals surface area contributed by atoms with Gasteiger partial charge < -0.3 is 15.6 Å². The first-order valence-electron chi connectivity index (χ1n) is 10.8. The predicted octanol–water partition coefficient (Wildman–Crippen LogP) is 7.00. The summed E-state index contributed by atoms with van der Waals surface area (Å²) in [7, 11) is 0. The molecule has 0 unspecified atom stereocenters. The van der Waals surface area contributed by atoms with Crippen molar-refractivity contribution in [1.82, 2.24) is 19.9 Å². The van der Waals surface area contributed by atoms with Crippen LogP contribution in [0.2, 0.25) is 10.0 Å². The van der Waals surface area contributed by atoms with Crippen molar-refractivity contribution in [2.75, 3.05) is 15.5 Å². The van der Waals surface area contributed by atoms with Gasteiger partial charge in [-0.25, -0.2) is 15.0 Å². The zero-order valence-corrected chi connectivity index (χ0v) is 20.3. The fraction of sp³-hybridized carbons (Fsp3) is 0. The van der Waals surface area contributed by atoms with Crippen molar-refractivity contribution in [3.05, 3.63) is 102 Å². The van der Waals surface area contributed by atoms with Gasteiger partial charge in [-0.15, -0.1) is 0 Å². The smallest absolute Gasteiger partial charge is 0.247 e. The number of nitrogens with zero attached hydrogens (tertiary/aromatic N) is 4. The Bertz CT molecular complexity index is 1530. The Labute approximate surface area is 216 Å². The van der Waals surface area contributed by atoms with E-state index in [2.05, 4.69) is 32.2 Å². The number of para-hydroxylation sites is 5. The molecule has 0 aliphatic heterocycles. The first-order valence-corrected chi connectivity index (χ1v) is 11.6. The Hall–Kier alpha value is -4.40. The molecule has 0 radical (unpaired) electrons. The number of aromatic amines is 1. The summed E-state index contributed by atoms with van der Waals surface area (Å²) in [4.78, 5) is 30.5. The van der Waals surface area contributed by atoms with Gasteiger partial charge in [-0.1, -0.05) is 60.1 Å². The average Bonchev–Trinajstić information content (AvgIpc) is 3.31. The number of carbonyl (C=O) groups excluding carboxylic acids is 1. The molecule has 1 amide bonds. The van der Waals surface area contributed by atoms with E-state index >= 15 is 0 Å². The normalized spacial score (nSPS) is 10.7. The van der Waals surface area contributed by atoms with E-state index in [-0.39, 0.29) is 5.91 Å². The number of halogens is 2. The lowest BCUT2D eigenvalue weighted by Gasteiger charge is -2.23. The highest BCUT2D eigenvalue weighted by Crippen LogP contribution is 2.42. The van der Waals surface area contributed by atoms with Crippen LogP contribution in [0.15, 0.2) is 91.8 Å². The second-order valence-electron chi connectivity index (χ2n) is 7.61. The highest BCUT2D eigenvalue weighted by Gasteiger charge is 2.23. The first kappa shape index (κ1) is 23.3. The summed E-state index contributed by atoms with van der Waals surface area (Å²) >= 11 is 13.2. The highest BCUT2D eigenvalue weighted by atomic mass is 35.5. The van der Waals surface area contributed by atoms with Crippen molar-refractivity contribution in [2.45, 2.75) is 0 Å². The number of imidazole rings is 1. The number of anilines is 6. The lowest BCUT2D eigenvalue weighted by Crippen LogP contribution is -2.15. The van der Waals surface area contributed by atoms with Crippen LogP contribution in [0.25, 0.3) is 11.0 Å². The Morgan fingerprint density at radius 1 is 0.944 bits per heavy atom. The van der Waals surface area contributed by atoms with Gasteiger partial charge in [0.05, 0.1) is 38.1 Å². The summed E-state index contributed by atoms with van der Waals surface area (Å²) < 4.78 is 0. The van der Waals surface area contributed by atoms with Crippen molar-refractivity contribution in [3.8, 4) is 0 Å². The molecular weight excluding hydrogens is 497 g/mol. The van der Waals surface area contributed by atoms with Crippen LogP contribution in [-0.2, 0) is 4.79 Å². The molecule has 3 N–H and O–H groups in total. The van der Waals surface area contributed by atoms with E-state index in [4.69, 9.17) is 28.2 Å². The van der Waals surface area contributed by atoms with Gasteiger partial charge in [0.25, 0.3) is 0 Å². The number of hydrogen-bond acceptors (Lipinski definition) is 6. The third kappa shape index (κ3) is 4.72. The van der Waals surface area contributed by atoms with E-state index in [1.165, 1.54) is 12.4 Å². The van der Waals surface area contributed by atoms with Crippen molar-refractivity contribution in [1.29, 1.82) is 0 Å². The first-order chi connectivity index (χ1) is 17.5. The monoisotopic (exact) mass is 515 g/mol. The molecule has 0 bridgehead atoms. The molecule has 5 aromatic rings. The van der Waals surface area contributed by atoms with Crippen LogP contribution in [0.4, 0.5) is 34.6 Å². The van der Waals surface area contributed by atoms with Crippen molar-refractivity contribution < 1.29 is 4.79 Å². The highest BCUT2D eigenvalue weighted by molar-refractivity contribution is 6.39. The van der Waals surface area contributed by atoms with Gasteiger partial charge in [-0.3, -0.25) is 9.69 Å². The third-order valence-corrected chi connectivity index (χ3v) is 5.87. The minimum Gasteiger partial charge on any atom is -0.338 e. The van der Waals surface area contributed by atoms with Crippen LogP contribution >= 0.6 is 23.2 Å². The summed E-state index contributed by atoms with van der Waals surface area (Å²) in [6.07, 6.45) is 2.63. The van der Waals surface area contributed by atoms with E-state index in [0.717, 1.165) is 11.0 Å². The summed E-state index contributed by atoms with van der Waals surface area (Å²) in [5, 5.41) is 6.86. The molecule has 0 saturated heterocycles. The standard InChI is InChI=1S/C26H19Cl2N7O/c1-2-24(36)32-19-11-4-3-10-18(19)31-22-14-23(30-15-29-22)35(25-16(27)8-7-9-17(25)28)26-33-20-12-5-6-13-21(20)34-26/h2-15H,1H2,(H,32,36)(H,33,34)(H,29,30,31). The molecule has 2 heterocycles. The lowest BCUT2D eigenvalue weighted by molar-refractivity contribution is -0.111. The van der Waals surface area contributed by atoms with Gasteiger partial charge in [0, 0.05) is 6.07 Å². The molecule has 0 saturated carbocycles. The number of rotatable bonds is 7. The van der Waals surface area contributed by atoms with Gasteiger partial charge in [-0.2, -0.15) is 0 Å². The molecule has 2 aromatic heterocycles. The summed E-state index contributed by atoms with van der Waals surface area (Å²) in [5.74, 6) is 1.10. The van der Waals surface area contributed by atoms with Crippen LogP contribution in [0.1, 0.15) is 0 Å². The number of carbonyl (C=O) groups is 1. The van der Waals surface area contributed by atoms with Crippen LogP contribution in [0.3, 0.4) is 0 Å². The maximum absolute atomic E-state index is 11.9. The quantitative estimate of drug-likeness (QED) is 0.202.